The van der Waals surface area contributed by atoms with Crippen LogP contribution >= 0.6 is 11.6 Å². The molecule has 0 heterocycles. The Morgan fingerprint density at radius 1 is 1.25 bits per heavy atom. The predicted molar refractivity (Wildman–Crippen MR) is 80.2 cm³/mol. The monoisotopic (exact) mass is 290 g/mol. The van der Waals surface area contributed by atoms with Crippen LogP contribution < -0.4 is 11.1 Å². The molecule has 1 aliphatic carbocycles. The maximum Gasteiger partial charge on any atom is 0.141 e. The molecule has 2 nitrogen and oxygen atoms in total. The van der Waals surface area contributed by atoms with E-state index >= 15 is 0 Å². The second-order valence-electron chi connectivity index (χ2n) is 5.18. The first-order valence-electron chi connectivity index (χ1n) is 6.69. The summed E-state index contributed by atoms with van der Waals surface area (Å²) in [4.78, 5) is 0. The number of nitrogen functional groups attached to an aromatic ring is 1. The summed E-state index contributed by atoms with van der Waals surface area (Å²) in [6.07, 6.45) is 2.11. The fraction of sp³-hybridized carbons (Fsp3) is 0.250. The number of hydrogen-bond acceptors (Lipinski definition) is 2. The van der Waals surface area contributed by atoms with Crippen LogP contribution in [0.5, 0.6) is 0 Å². The summed E-state index contributed by atoms with van der Waals surface area (Å²) < 4.78 is 13.1. The largest absolute Gasteiger partial charge is 0.399 e. The zero-order chi connectivity index (χ0) is 14.1. The normalized spacial score (nSPS) is 17.2. The highest BCUT2D eigenvalue weighted by molar-refractivity contribution is 6.30. The summed E-state index contributed by atoms with van der Waals surface area (Å²) in [5.41, 5.74) is 10.2. The van der Waals surface area contributed by atoms with E-state index in [0.717, 1.165) is 24.1 Å². The molecule has 2 aromatic rings. The van der Waals surface area contributed by atoms with E-state index in [2.05, 4.69) is 11.4 Å². The van der Waals surface area contributed by atoms with Crippen LogP contribution in [0.15, 0.2) is 36.4 Å². The number of halogens is 2. The van der Waals surface area contributed by atoms with E-state index in [0.29, 0.717) is 12.6 Å². The first-order valence-corrected chi connectivity index (χ1v) is 7.07. The Morgan fingerprint density at radius 3 is 2.90 bits per heavy atom. The molecule has 0 aliphatic heterocycles. The fourth-order valence-corrected chi connectivity index (χ4v) is 2.94. The molecule has 4 heteroatoms. The maximum absolute atomic E-state index is 13.1. The molecule has 0 bridgehead atoms. The van der Waals surface area contributed by atoms with Gasteiger partial charge in [0.2, 0.25) is 0 Å². The van der Waals surface area contributed by atoms with Gasteiger partial charge < -0.3 is 11.1 Å². The topological polar surface area (TPSA) is 38.0 Å². The third-order valence-corrected chi connectivity index (χ3v) is 4.07. The van der Waals surface area contributed by atoms with Crippen LogP contribution in [-0.4, -0.2) is 0 Å². The molecular weight excluding hydrogens is 275 g/mol. The van der Waals surface area contributed by atoms with Gasteiger partial charge in [0, 0.05) is 18.3 Å². The van der Waals surface area contributed by atoms with Gasteiger partial charge in [-0.15, -0.1) is 0 Å². The molecule has 0 saturated carbocycles. The molecule has 2 aromatic carbocycles. The Morgan fingerprint density at radius 2 is 2.10 bits per heavy atom. The van der Waals surface area contributed by atoms with Crippen LogP contribution in [0.1, 0.15) is 29.2 Å². The first-order chi connectivity index (χ1) is 9.63. The average Bonchev–Trinajstić information content (AvgIpc) is 2.82. The van der Waals surface area contributed by atoms with Crippen LogP contribution in [0.2, 0.25) is 5.02 Å². The van der Waals surface area contributed by atoms with Crippen molar-refractivity contribution in [1.29, 1.82) is 0 Å². The lowest BCUT2D eigenvalue weighted by Crippen LogP contribution is -2.18. The molecule has 104 valence electrons. The highest BCUT2D eigenvalue weighted by Crippen LogP contribution is 2.32. The van der Waals surface area contributed by atoms with Crippen LogP contribution in [0.25, 0.3) is 0 Å². The quantitative estimate of drug-likeness (QED) is 0.843. The van der Waals surface area contributed by atoms with Crippen molar-refractivity contribution in [3.63, 3.8) is 0 Å². The molecule has 0 aromatic heterocycles. The van der Waals surface area contributed by atoms with E-state index in [1.807, 2.05) is 12.1 Å². The molecule has 3 rings (SSSR count). The van der Waals surface area contributed by atoms with Crippen molar-refractivity contribution in [2.24, 2.45) is 0 Å². The van der Waals surface area contributed by atoms with Crippen molar-refractivity contribution in [1.82, 2.24) is 5.32 Å². The van der Waals surface area contributed by atoms with E-state index in [1.54, 1.807) is 12.1 Å². The molecule has 1 aliphatic rings. The average molecular weight is 291 g/mol. The van der Waals surface area contributed by atoms with Crippen LogP contribution in [0, 0.1) is 5.82 Å². The van der Waals surface area contributed by atoms with Crippen LogP contribution in [0.4, 0.5) is 10.1 Å². The van der Waals surface area contributed by atoms with Gasteiger partial charge >= 0.3 is 0 Å². The van der Waals surface area contributed by atoms with Gasteiger partial charge in [-0.1, -0.05) is 23.7 Å². The lowest BCUT2D eigenvalue weighted by Gasteiger charge is -2.14. The van der Waals surface area contributed by atoms with Crippen molar-refractivity contribution in [3.8, 4) is 0 Å². The van der Waals surface area contributed by atoms with E-state index < -0.39 is 0 Å². The Kier molecular flexibility index (Phi) is 3.64. The number of anilines is 1. The van der Waals surface area contributed by atoms with Crippen molar-refractivity contribution in [3.05, 3.63) is 63.9 Å². The molecule has 1 unspecified atom stereocenters. The van der Waals surface area contributed by atoms with Gasteiger partial charge in [-0.3, -0.25) is 0 Å². The third-order valence-electron chi connectivity index (χ3n) is 3.78. The van der Waals surface area contributed by atoms with Gasteiger partial charge in [0.15, 0.2) is 0 Å². The number of hydrogen-bond donors (Lipinski definition) is 2. The highest BCUT2D eigenvalue weighted by atomic mass is 35.5. The highest BCUT2D eigenvalue weighted by Gasteiger charge is 2.21. The number of fused-ring (bicyclic) bond motifs is 1. The fourth-order valence-electron chi connectivity index (χ4n) is 2.74. The van der Waals surface area contributed by atoms with Gasteiger partial charge in [-0.05, 0) is 53.8 Å². The number of aryl methyl sites for hydroxylation is 1. The second-order valence-corrected chi connectivity index (χ2v) is 5.59. The number of benzene rings is 2. The summed E-state index contributed by atoms with van der Waals surface area (Å²) >= 11 is 5.79. The van der Waals surface area contributed by atoms with E-state index in [9.17, 15) is 4.39 Å². The minimum absolute atomic E-state index is 0.170. The predicted octanol–water partition coefficient (Wildman–Crippen LogP) is 3.84. The van der Waals surface area contributed by atoms with Crippen LogP contribution in [0.3, 0.4) is 0 Å². The molecule has 0 amide bonds. The molecule has 1 atom stereocenters. The molecular formula is C16H16ClFN2. The molecule has 20 heavy (non-hydrogen) atoms. The Balaban J connectivity index is 1.70. The molecule has 0 radical (unpaired) electrons. The third kappa shape index (κ3) is 2.65. The Labute approximate surface area is 122 Å². The summed E-state index contributed by atoms with van der Waals surface area (Å²) in [5.74, 6) is -0.378. The lowest BCUT2D eigenvalue weighted by atomic mass is 10.1. The summed E-state index contributed by atoms with van der Waals surface area (Å²) in [6.45, 7) is 0.675. The molecule has 0 saturated heterocycles. The minimum Gasteiger partial charge on any atom is -0.399 e. The lowest BCUT2D eigenvalue weighted by molar-refractivity contribution is 0.529. The Hall–Kier alpha value is -1.58. The summed E-state index contributed by atoms with van der Waals surface area (Å²) in [7, 11) is 0. The van der Waals surface area contributed by atoms with Crippen LogP contribution in [-0.2, 0) is 13.0 Å². The van der Waals surface area contributed by atoms with Gasteiger partial charge in [-0.25, -0.2) is 4.39 Å². The number of nitrogens with one attached hydrogen (secondary N) is 1. The summed E-state index contributed by atoms with van der Waals surface area (Å²) in [6, 6.07) is 11.2. The van der Waals surface area contributed by atoms with Crippen molar-refractivity contribution < 1.29 is 4.39 Å². The molecule has 0 spiro atoms. The van der Waals surface area contributed by atoms with E-state index in [4.69, 9.17) is 17.3 Å². The second kappa shape index (κ2) is 5.43. The number of nitrogens with two attached hydrogens (primary N) is 1. The summed E-state index contributed by atoms with van der Waals surface area (Å²) in [5, 5.41) is 3.67. The zero-order valence-corrected chi connectivity index (χ0v) is 11.8. The number of rotatable bonds is 3. The Bertz CT molecular complexity index is 642. The van der Waals surface area contributed by atoms with E-state index in [1.165, 1.54) is 17.2 Å². The molecule has 0 fully saturated rings. The molecule has 3 N–H and O–H groups in total. The zero-order valence-electron chi connectivity index (χ0n) is 11.0. The van der Waals surface area contributed by atoms with Crippen molar-refractivity contribution in [2.75, 3.05) is 5.73 Å². The maximum atomic E-state index is 13.1. The first kappa shape index (κ1) is 13.4. The SMILES string of the molecule is Nc1ccc2c(c1)CCC2NCc1ccc(F)c(Cl)c1. The van der Waals surface area contributed by atoms with Gasteiger partial charge in [0.05, 0.1) is 5.02 Å². The van der Waals surface area contributed by atoms with Gasteiger partial charge in [-0.2, -0.15) is 0 Å². The van der Waals surface area contributed by atoms with Gasteiger partial charge in [0.25, 0.3) is 0 Å². The van der Waals surface area contributed by atoms with Gasteiger partial charge in [0.1, 0.15) is 5.82 Å². The standard InChI is InChI=1S/C16H16ClFN2/c17-14-7-10(1-5-15(14)18)9-20-16-6-2-11-8-12(19)3-4-13(11)16/h1,3-5,7-8,16,20H,2,6,9,19H2. The van der Waals surface area contributed by atoms with Crippen molar-refractivity contribution in [2.45, 2.75) is 25.4 Å². The smallest absolute Gasteiger partial charge is 0.141 e. The van der Waals surface area contributed by atoms with Crippen molar-refractivity contribution >= 4 is 17.3 Å². The minimum atomic E-state index is -0.378. The van der Waals surface area contributed by atoms with E-state index in [-0.39, 0.29) is 10.8 Å².